The van der Waals surface area contributed by atoms with Gasteiger partial charge in [0.2, 0.25) is 5.95 Å². The highest BCUT2D eigenvalue weighted by Crippen LogP contribution is 2.44. The Morgan fingerprint density at radius 2 is 1.85 bits per heavy atom. The number of benzene rings is 1. The highest BCUT2D eigenvalue weighted by atomic mass is 19.1. The number of nitrogens with one attached hydrogen (secondary N) is 2. The van der Waals surface area contributed by atoms with Crippen LogP contribution in [0, 0.1) is 0 Å². The van der Waals surface area contributed by atoms with Crippen LogP contribution in [0.3, 0.4) is 0 Å². The van der Waals surface area contributed by atoms with Crippen LogP contribution in [-0.2, 0) is 5.54 Å². The Morgan fingerprint density at radius 3 is 2.59 bits per heavy atom. The molecule has 0 aliphatic heterocycles. The van der Waals surface area contributed by atoms with Gasteiger partial charge in [0.25, 0.3) is 0 Å². The van der Waals surface area contributed by atoms with Crippen LogP contribution in [0.2, 0.25) is 0 Å². The molecule has 1 aliphatic rings. The lowest BCUT2D eigenvalue weighted by Crippen LogP contribution is -2.49. The number of rotatable bonds is 4. The first-order chi connectivity index (χ1) is 13.2. The minimum absolute atomic E-state index is 0.367. The summed E-state index contributed by atoms with van der Waals surface area (Å²) in [6.07, 6.45) is 6.96. The fraction of sp³-hybridized carbons (Fsp3) is 0.200. The Morgan fingerprint density at radius 1 is 1.00 bits per heavy atom. The summed E-state index contributed by atoms with van der Waals surface area (Å²) in [5.74, 6) is 0.473. The largest absolute Gasteiger partial charge is 0.343 e. The van der Waals surface area contributed by atoms with Crippen LogP contribution < -0.4 is 5.32 Å². The SMILES string of the molecule is FC1CC(Nc2ncc(-c3ccc4[nH]ncc4c3)cn2)(c2ccccn2)C1. The van der Waals surface area contributed by atoms with Crippen molar-refractivity contribution in [1.82, 2.24) is 25.1 Å². The van der Waals surface area contributed by atoms with E-state index < -0.39 is 11.7 Å². The highest BCUT2D eigenvalue weighted by molar-refractivity contribution is 5.83. The number of hydrogen-bond donors (Lipinski definition) is 2. The van der Waals surface area contributed by atoms with E-state index in [1.54, 1.807) is 24.8 Å². The van der Waals surface area contributed by atoms with Crippen LogP contribution in [0.15, 0.2) is 61.2 Å². The second-order valence-corrected chi connectivity index (χ2v) is 6.89. The second kappa shape index (κ2) is 6.12. The summed E-state index contributed by atoms with van der Waals surface area (Å²) in [5, 5.41) is 11.3. The lowest BCUT2D eigenvalue weighted by atomic mass is 9.72. The van der Waals surface area contributed by atoms with Gasteiger partial charge in [-0.05, 0) is 29.8 Å². The fourth-order valence-electron chi connectivity index (χ4n) is 3.60. The molecular formula is C20H17FN6. The van der Waals surface area contributed by atoms with Crippen molar-refractivity contribution in [1.29, 1.82) is 0 Å². The summed E-state index contributed by atoms with van der Waals surface area (Å²) in [4.78, 5) is 13.3. The molecule has 0 atom stereocenters. The molecular weight excluding hydrogens is 343 g/mol. The molecule has 5 rings (SSSR count). The summed E-state index contributed by atoms with van der Waals surface area (Å²) in [7, 11) is 0. The zero-order valence-electron chi connectivity index (χ0n) is 14.4. The topological polar surface area (TPSA) is 79.4 Å². The molecule has 1 fully saturated rings. The monoisotopic (exact) mass is 360 g/mol. The third kappa shape index (κ3) is 2.81. The minimum atomic E-state index is -0.833. The smallest absolute Gasteiger partial charge is 0.223 e. The van der Waals surface area contributed by atoms with Gasteiger partial charge in [-0.2, -0.15) is 5.10 Å². The molecule has 2 N–H and O–H groups in total. The van der Waals surface area contributed by atoms with Crippen LogP contribution >= 0.6 is 0 Å². The van der Waals surface area contributed by atoms with Gasteiger partial charge >= 0.3 is 0 Å². The molecule has 0 bridgehead atoms. The first-order valence-electron chi connectivity index (χ1n) is 8.81. The minimum Gasteiger partial charge on any atom is -0.343 e. The van der Waals surface area contributed by atoms with Crippen molar-refractivity contribution in [3.8, 4) is 11.1 Å². The van der Waals surface area contributed by atoms with Crippen molar-refractivity contribution in [3.05, 3.63) is 66.9 Å². The molecule has 4 aromatic rings. The van der Waals surface area contributed by atoms with Crippen molar-refractivity contribution in [2.45, 2.75) is 24.6 Å². The van der Waals surface area contributed by atoms with Gasteiger partial charge in [0, 0.05) is 42.4 Å². The summed E-state index contributed by atoms with van der Waals surface area (Å²) >= 11 is 0. The van der Waals surface area contributed by atoms with E-state index in [-0.39, 0.29) is 0 Å². The molecule has 0 saturated heterocycles. The Labute approximate surface area is 154 Å². The zero-order valence-corrected chi connectivity index (χ0v) is 14.4. The van der Waals surface area contributed by atoms with Crippen molar-refractivity contribution in [2.75, 3.05) is 5.32 Å². The molecule has 3 heterocycles. The van der Waals surface area contributed by atoms with Crippen molar-refractivity contribution < 1.29 is 4.39 Å². The lowest BCUT2D eigenvalue weighted by Gasteiger charge is -2.44. The van der Waals surface area contributed by atoms with Gasteiger partial charge in [0.15, 0.2) is 0 Å². The number of aromatic amines is 1. The fourth-order valence-corrected chi connectivity index (χ4v) is 3.60. The van der Waals surface area contributed by atoms with Crippen LogP contribution in [0.25, 0.3) is 22.0 Å². The number of pyridine rings is 1. The van der Waals surface area contributed by atoms with Gasteiger partial charge < -0.3 is 5.32 Å². The average Bonchev–Trinajstić information content (AvgIpc) is 3.15. The van der Waals surface area contributed by atoms with E-state index in [9.17, 15) is 4.39 Å². The van der Waals surface area contributed by atoms with Gasteiger partial charge in [-0.25, -0.2) is 14.4 Å². The number of anilines is 1. The molecule has 1 aliphatic carbocycles. The van der Waals surface area contributed by atoms with Crippen LogP contribution in [0.4, 0.5) is 10.3 Å². The third-order valence-electron chi connectivity index (χ3n) is 5.07. The predicted octanol–water partition coefficient (Wildman–Crippen LogP) is 3.85. The van der Waals surface area contributed by atoms with E-state index in [4.69, 9.17) is 0 Å². The molecule has 6 nitrogen and oxygen atoms in total. The first kappa shape index (κ1) is 15.9. The van der Waals surface area contributed by atoms with Gasteiger partial charge in [-0.1, -0.05) is 12.1 Å². The molecule has 134 valence electrons. The predicted molar refractivity (Wildman–Crippen MR) is 101 cm³/mol. The molecule has 0 unspecified atom stereocenters. The maximum absolute atomic E-state index is 13.7. The van der Waals surface area contributed by atoms with E-state index in [1.165, 1.54) is 0 Å². The Bertz CT molecular complexity index is 1070. The second-order valence-electron chi connectivity index (χ2n) is 6.89. The van der Waals surface area contributed by atoms with E-state index in [0.717, 1.165) is 27.7 Å². The summed E-state index contributed by atoms with van der Waals surface area (Å²) < 4.78 is 13.7. The number of H-pyrrole nitrogens is 1. The lowest BCUT2D eigenvalue weighted by molar-refractivity contribution is 0.111. The number of fused-ring (bicyclic) bond motifs is 1. The van der Waals surface area contributed by atoms with Gasteiger partial charge in [0.1, 0.15) is 6.17 Å². The van der Waals surface area contributed by atoms with E-state index in [2.05, 4.69) is 30.5 Å². The average molecular weight is 360 g/mol. The molecule has 1 saturated carbocycles. The van der Waals surface area contributed by atoms with Crippen LogP contribution in [-0.4, -0.2) is 31.3 Å². The highest BCUT2D eigenvalue weighted by Gasteiger charge is 2.47. The van der Waals surface area contributed by atoms with Crippen LogP contribution in [0.1, 0.15) is 18.5 Å². The molecule has 0 amide bonds. The standard InChI is InChI=1S/C20H17FN6/c21-16-8-20(9-16,18-3-1-2-6-22-18)26-19-23-10-15(11-24-19)13-4-5-17-14(7-13)12-25-27-17/h1-7,10-12,16H,8-9H2,(H,25,27)(H,23,24,26). The van der Waals surface area contributed by atoms with Gasteiger partial charge in [0.05, 0.1) is 22.9 Å². The van der Waals surface area contributed by atoms with Crippen LogP contribution in [0.5, 0.6) is 0 Å². The van der Waals surface area contributed by atoms with E-state index >= 15 is 0 Å². The number of alkyl halides is 1. The van der Waals surface area contributed by atoms with E-state index in [0.29, 0.717) is 18.8 Å². The Hall–Kier alpha value is -3.35. The summed E-state index contributed by atoms with van der Waals surface area (Å²) in [5.41, 5.74) is 3.19. The van der Waals surface area contributed by atoms with Gasteiger partial charge in [-0.15, -0.1) is 0 Å². The Balaban J connectivity index is 1.41. The normalized spacial score (nSPS) is 21.7. The third-order valence-corrected chi connectivity index (χ3v) is 5.07. The number of nitrogens with zero attached hydrogens (tertiary/aromatic N) is 4. The Kier molecular flexibility index (Phi) is 3.60. The molecule has 0 spiro atoms. The van der Waals surface area contributed by atoms with Crippen molar-refractivity contribution >= 4 is 16.9 Å². The quantitative estimate of drug-likeness (QED) is 0.578. The van der Waals surface area contributed by atoms with E-state index in [1.807, 2.05) is 36.4 Å². The number of aromatic nitrogens is 5. The zero-order chi connectivity index (χ0) is 18.3. The molecule has 3 aromatic heterocycles. The van der Waals surface area contributed by atoms with Crippen molar-refractivity contribution in [2.24, 2.45) is 0 Å². The first-order valence-corrected chi connectivity index (χ1v) is 8.81. The molecule has 1 aromatic carbocycles. The summed E-state index contributed by atoms with van der Waals surface area (Å²) in [6, 6.07) is 11.7. The molecule has 7 heteroatoms. The van der Waals surface area contributed by atoms with Crippen molar-refractivity contribution in [3.63, 3.8) is 0 Å². The summed E-state index contributed by atoms with van der Waals surface area (Å²) in [6.45, 7) is 0. The maximum atomic E-state index is 13.7. The maximum Gasteiger partial charge on any atom is 0.223 e. The number of halogens is 1. The number of hydrogen-bond acceptors (Lipinski definition) is 5. The molecule has 0 radical (unpaired) electrons. The molecule has 27 heavy (non-hydrogen) atoms. The van der Waals surface area contributed by atoms with Gasteiger partial charge in [-0.3, -0.25) is 10.1 Å².